The first kappa shape index (κ1) is 13.9. The molecule has 1 aromatic heterocycles. The summed E-state index contributed by atoms with van der Waals surface area (Å²) in [7, 11) is 1.68. The van der Waals surface area contributed by atoms with E-state index in [1.165, 1.54) is 0 Å². The summed E-state index contributed by atoms with van der Waals surface area (Å²) in [6.45, 7) is 0. The Bertz CT molecular complexity index is 1050. The molecule has 0 bridgehead atoms. The molecule has 2 N–H and O–H groups in total. The highest BCUT2D eigenvalue weighted by molar-refractivity contribution is 6.05. The van der Waals surface area contributed by atoms with Gasteiger partial charge in [-0.2, -0.15) is 0 Å². The average molecular weight is 305 g/mol. The standard InChI is InChI=1S/C19H15NO3/c1-22-19(8-9-19)7-6-12-2-4-14-15-5-3-13(20)11-17(15)23-18(21)16(14)10-12/h2-5,10-11H,8-9,20H2,1H3. The quantitative estimate of drug-likeness (QED) is 0.325. The Morgan fingerprint density at radius 3 is 2.65 bits per heavy atom. The van der Waals surface area contributed by atoms with Crippen LogP contribution in [0.4, 0.5) is 5.69 Å². The molecular formula is C19H15NO3. The van der Waals surface area contributed by atoms with Crippen LogP contribution in [0.3, 0.4) is 0 Å². The molecule has 1 aliphatic carbocycles. The van der Waals surface area contributed by atoms with Crippen LogP contribution in [-0.4, -0.2) is 12.7 Å². The van der Waals surface area contributed by atoms with E-state index in [1.54, 1.807) is 25.3 Å². The second-order valence-electron chi connectivity index (χ2n) is 5.85. The Kier molecular flexibility index (Phi) is 2.93. The van der Waals surface area contributed by atoms with Crippen molar-refractivity contribution in [1.82, 2.24) is 0 Å². The number of nitrogens with two attached hydrogens (primary N) is 1. The van der Waals surface area contributed by atoms with Crippen LogP contribution in [0.2, 0.25) is 0 Å². The van der Waals surface area contributed by atoms with Crippen molar-refractivity contribution in [3.05, 3.63) is 52.4 Å². The molecule has 0 aliphatic heterocycles. The van der Waals surface area contributed by atoms with Crippen molar-refractivity contribution in [2.24, 2.45) is 0 Å². The first-order valence-corrected chi connectivity index (χ1v) is 7.45. The van der Waals surface area contributed by atoms with Crippen LogP contribution >= 0.6 is 0 Å². The Hall–Kier alpha value is -2.77. The van der Waals surface area contributed by atoms with E-state index >= 15 is 0 Å². The van der Waals surface area contributed by atoms with E-state index in [4.69, 9.17) is 14.9 Å². The number of fused-ring (bicyclic) bond motifs is 3. The summed E-state index contributed by atoms with van der Waals surface area (Å²) in [5.41, 5.74) is 6.92. The van der Waals surface area contributed by atoms with Gasteiger partial charge in [-0.1, -0.05) is 17.9 Å². The number of anilines is 1. The van der Waals surface area contributed by atoms with Crippen molar-refractivity contribution in [1.29, 1.82) is 0 Å². The van der Waals surface area contributed by atoms with Gasteiger partial charge in [0.2, 0.25) is 0 Å². The maximum atomic E-state index is 12.2. The van der Waals surface area contributed by atoms with Crippen molar-refractivity contribution >= 4 is 27.4 Å². The normalized spacial score (nSPS) is 15.3. The molecule has 0 radical (unpaired) electrons. The van der Waals surface area contributed by atoms with Crippen LogP contribution in [0.25, 0.3) is 21.7 Å². The third-order valence-electron chi connectivity index (χ3n) is 4.27. The van der Waals surface area contributed by atoms with Crippen molar-refractivity contribution in [2.75, 3.05) is 12.8 Å². The van der Waals surface area contributed by atoms with Gasteiger partial charge in [0, 0.05) is 35.2 Å². The predicted octanol–water partition coefficient (Wildman–Crippen LogP) is 3.06. The molecule has 0 unspecified atom stereocenters. The van der Waals surface area contributed by atoms with Gasteiger partial charge in [-0.3, -0.25) is 0 Å². The lowest BCUT2D eigenvalue weighted by Gasteiger charge is -2.04. The number of rotatable bonds is 1. The van der Waals surface area contributed by atoms with Crippen LogP contribution in [0.5, 0.6) is 0 Å². The first-order chi connectivity index (χ1) is 11.1. The van der Waals surface area contributed by atoms with Crippen LogP contribution in [0, 0.1) is 11.8 Å². The minimum atomic E-state index is -0.380. The smallest absolute Gasteiger partial charge is 0.344 e. The van der Waals surface area contributed by atoms with Crippen LogP contribution < -0.4 is 11.4 Å². The second-order valence-corrected chi connectivity index (χ2v) is 5.85. The van der Waals surface area contributed by atoms with Crippen LogP contribution in [-0.2, 0) is 4.74 Å². The summed E-state index contributed by atoms with van der Waals surface area (Å²) in [5, 5.41) is 2.23. The van der Waals surface area contributed by atoms with E-state index in [2.05, 4.69) is 11.8 Å². The lowest BCUT2D eigenvalue weighted by molar-refractivity contribution is 0.129. The van der Waals surface area contributed by atoms with E-state index in [1.807, 2.05) is 18.2 Å². The fourth-order valence-electron chi connectivity index (χ4n) is 2.71. The Labute approximate surface area is 132 Å². The summed E-state index contributed by atoms with van der Waals surface area (Å²) in [4.78, 5) is 12.2. The molecule has 23 heavy (non-hydrogen) atoms. The van der Waals surface area contributed by atoms with Gasteiger partial charge in [0.1, 0.15) is 11.2 Å². The number of hydrogen-bond acceptors (Lipinski definition) is 4. The van der Waals surface area contributed by atoms with Crippen LogP contribution in [0.1, 0.15) is 18.4 Å². The van der Waals surface area contributed by atoms with Gasteiger partial charge in [-0.15, -0.1) is 0 Å². The highest BCUT2D eigenvalue weighted by Crippen LogP contribution is 2.38. The fraction of sp³-hybridized carbons (Fsp3) is 0.211. The molecule has 3 aromatic rings. The molecular weight excluding hydrogens is 290 g/mol. The van der Waals surface area contributed by atoms with E-state index in [-0.39, 0.29) is 11.2 Å². The lowest BCUT2D eigenvalue weighted by atomic mass is 10.0. The summed E-state index contributed by atoms with van der Waals surface area (Å²) in [6, 6.07) is 10.9. The Morgan fingerprint density at radius 2 is 1.91 bits per heavy atom. The zero-order chi connectivity index (χ0) is 16.0. The molecule has 4 heteroatoms. The Balaban J connectivity index is 1.89. The third-order valence-corrected chi connectivity index (χ3v) is 4.27. The SMILES string of the molecule is COC1(C#Cc2ccc3c(c2)c(=O)oc2cc(N)ccc23)CC1. The molecule has 0 atom stereocenters. The summed E-state index contributed by atoms with van der Waals surface area (Å²) in [6.07, 6.45) is 1.91. The number of benzene rings is 2. The van der Waals surface area contributed by atoms with E-state index < -0.39 is 0 Å². The minimum absolute atomic E-state index is 0.291. The number of hydrogen-bond donors (Lipinski definition) is 1. The van der Waals surface area contributed by atoms with Gasteiger partial charge in [-0.05, 0) is 37.1 Å². The molecule has 2 aromatic carbocycles. The van der Waals surface area contributed by atoms with Gasteiger partial charge in [0.05, 0.1) is 5.39 Å². The van der Waals surface area contributed by atoms with E-state index in [0.29, 0.717) is 16.7 Å². The predicted molar refractivity (Wildman–Crippen MR) is 90.3 cm³/mol. The molecule has 114 valence electrons. The van der Waals surface area contributed by atoms with Gasteiger partial charge in [0.15, 0.2) is 0 Å². The van der Waals surface area contributed by atoms with Gasteiger partial charge in [-0.25, -0.2) is 4.79 Å². The zero-order valence-electron chi connectivity index (χ0n) is 12.7. The minimum Gasteiger partial charge on any atom is -0.422 e. The number of ether oxygens (including phenoxy) is 1. The number of methoxy groups -OCH3 is 1. The molecule has 4 rings (SSSR count). The maximum absolute atomic E-state index is 12.2. The summed E-state index contributed by atoms with van der Waals surface area (Å²) < 4.78 is 10.8. The molecule has 1 fully saturated rings. The molecule has 4 nitrogen and oxygen atoms in total. The van der Waals surface area contributed by atoms with Gasteiger partial charge >= 0.3 is 5.63 Å². The molecule has 0 amide bonds. The van der Waals surface area contributed by atoms with Crippen molar-refractivity contribution in [3.63, 3.8) is 0 Å². The first-order valence-electron chi connectivity index (χ1n) is 7.45. The highest BCUT2D eigenvalue weighted by atomic mass is 16.5. The third kappa shape index (κ3) is 2.36. The van der Waals surface area contributed by atoms with Gasteiger partial charge in [0.25, 0.3) is 0 Å². The average Bonchev–Trinajstić information content (AvgIpc) is 3.33. The molecule has 0 spiro atoms. The topological polar surface area (TPSA) is 65.5 Å². The lowest BCUT2D eigenvalue weighted by Crippen LogP contribution is -2.06. The van der Waals surface area contributed by atoms with Crippen LogP contribution in [0.15, 0.2) is 45.6 Å². The fourth-order valence-corrected chi connectivity index (χ4v) is 2.71. The van der Waals surface area contributed by atoms with Crippen molar-refractivity contribution < 1.29 is 9.15 Å². The molecule has 1 aliphatic rings. The van der Waals surface area contributed by atoms with E-state index in [0.717, 1.165) is 29.2 Å². The highest BCUT2D eigenvalue weighted by Gasteiger charge is 2.41. The second kappa shape index (κ2) is 4.87. The Morgan fingerprint density at radius 1 is 1.13 bits per heavy atom. The number of nitrogen functional groups attached to an aromatic ring is 1. The molecule has 1 saturated carbocycles. The van der Waals surface area contributed by atoms with Gasteiger partial charge < -0.3 is 14.9 Å². The van der Waals surface area contributed by atoms with Crippen molar-refractivity contribution in [3.8, 4) is 11.8 Å². The maximum Gasteiger partial charge on any atom is 0.344 e. The molecule has 0 saturated heterocycles. The summed E-state index contributed by atoms with van der Waals surface area (Å²) >= 11 is 0. The van der Waals surface area contributed by atoms with Crippen molar-refractivity contribution in [2.45, 2.75) is 18.4 Å². The summed E-state index contributed by atoms with van der Waals surface area (Å²) in [5.74, 6) is 6.24. The monoisotopic (exact) mass is 305 g/mol. The largest absolute Gasteiger partial charge is 0.422 e. The zero-order valence-corrected chi connectivity index (χ0v) is 12.7. The molecule has 1 heterocycles. The van der Waals surface area contributed by atoms with E-state index in [9.17, 15) is 4.79 Å².